The summed E-state index contributed by atoms with van der Waals surface area (Å²) in [4.78, 5) is 12.2. The molecule has 2 rings (SSSR count). The number of aromatic nitrogens is 3. The van der Waals surface area contributed by atoms with Crippen molar-refractivity contribution in [1.29, 1.82) is 0 Å². The number of hydrogen-bond acceptors (Lipinski definition) is 6. The van der Waals surface area contributed by atoms with Crippen molar-refractivity contribution in [3.63, 3.8) is 0 Å². The average Bonchev–Trinajstić information content (AvgIpc) is 2.36. The number of halogens is 1. The standard InChI is InChI=1S/C13H21ClN4O2/c1-9(2)20-12-17-10(14)16-11(18-12)15-8-13(3)4-6-19-7-5-13/h9H,4-8H2,1-3H3,(H,15,16,17,18). The molecule has 0 aromatic carbocycles. The first-order chi connectivity index (χ1) is 9.47. The van der Waals surface area contributed by atoms with Crippen LogP contribution >= 0.6 is 11.6 Å². The molecule has 1 saturated heterocycles. The highest BCUT2D eigenvalue weighted by Gasteiger charge is 2.27. The van der Waals surface area contributed by atoms with Crippen LogP contribution in [0.4, 0.5) is 5.95 Å². The SMILES string of the molecule is CC(C)Oc1nc(Cl)nc(NCC2(C)CCOCC2)n1. The second-order valence-corrected chi connectivity index (χ2v) is 5.99. The number of ether oxygens (including phenoxy) is 2. The van der Waals surface area contributed by atoms with Crippen molar-refractivity contribution < 1.29 is 9.47 Å². The van der Waals surface area contributed by atoms with Gasteiger partial charge in [-0.15, -0.1) is 0 Å². The highest BCUT2D eigenvalue weighted by Crippen LogP contribution is 2.29. The minimum Gasteiger partial charge on any atom is -0.461 e. The van der Waals surface area contributed by atoms with Crippen molar-refractivity contribution in [3.05, 3.63) is 5.28 Å². The molecule has 0 aliphatic carbocycles. The molecule has 0 saturated carbocycles. The molecule has 0 bridgehead atoms. The average molecular weight is 301 g/mol. The van der Waals surface area contributed by atoms with E-state index in [9.17, 15) is 0 Å². The molecule has 0 unspecified atom stereocenters. The fraction of sp³-hybridized carbons (Fsp3) is 0.769. The van der Waals surface area contributed by atoms with Crippen molar-refractivity contribution in [2.24, 2.45) is 5.41 Å². The maximum atomic E-state index is 5.89. The third kappa shape index (κ3) is 4.45. The largest absolute Gasteiger partial charge is 0.461 e. The van der Waals surface area contributed by atoms with E-state index >= 15 is 0 Å². The first-order valence-electron chi connectivity index (χ1n) is 6.87. The van der Waals surface area contributed by atoms with Crippen molar-refractivity contribution in [2.75, 3.05) is 25.1 Å². The smallest absolute Gasteiger partial charge is 0.322 e. The van der Waals surface area contributed by atoms with Crippen molar-refractivity contribution in [1.82, 2.24) is 15.0 Å². The van der Waals surface area contributed by atoms with Crippen LogP contribution in [0.1, 0.15) is 33.6 Å². The highest BCUT2D eigenvalue weighted by molar-refractivity contribution is 6.28. The molecule has 7 heteroatoms. The predicted octanol–water partition coefficient (Wildman–Crippen LogP) is 2.54. The Morgan fingerprint density at radius 3 is 2.65 bits per heavy atom. The van der Waals surface area contributed by atoms with Gasteiger partial charge in [-0.05, 0) is 43.7 Å². The molecule has 1 N–H and O–H groups in total. The third-order valence-electron chi connectivity index (χ3n) is 3.30. The van der Waals surface area contributed by atoms with Gasteiger partial charge in [-0.2, -0.15) is 15.0 Å². The molecule has 6 nitrogen and oxygen atoms in total. The molecule has 0 amide bonds. The molecule has 0 atom stereocenters. The van der Waals surface area contributed by atoms with Crippen LogP contribution in [0.2, 0.25) is 5.28 Å². The first-order valence-corrected chi connectivity index (χ1v) is 7.24. The zero-order chi connectivity index (χ0) is 14.6. The minimum atomic E-state index is -0.00525. The van der Waals surface area contributed by atoms with Crippen molar-refractivity contribution >= 4 is 17.5 Å². The zero-order valence-electron chi connectivity index (χ0n) is 12.1. The summed E-state index contributed by atoms with van der Waals surface area (Å²) in [6, 6.07) is 0.250. The summed E-state index contributed by atoms with van der Waals surface area (Å²) in [7, 11) is 0. The number of nitrogens with zero attached hydrogens (tertiary/aromatic N) is 3. The van der Waals surface area contributed by atoms with Crippen LogP contribution in [0.15, 0.2) is 0 Å². The van der Waals surface area contributed by atoms with Gasteiger partial charge in [0.2, 0.25) is 11.2 Å². The van der Waals surface area contributed by atoms with Gasteiger partial charge in [-0.3, -0.25) is 0 Å². The molecule has 1 aromatic heterocycles. The normalized spacial score (nSPS) is 18.1. The number of anilines is 1. The van der Waals surface area contributed by atoms with Gasteiger partial charge in [0.05, 0.1) is 6.10 Å². The second-order valence-electron chi connectivity index (χ2n) is 5.65. The van der Waals surface area contributed by atoms with E-state index in [0.29, 0.717) is 5.95 Å². The van der Waals surface area contributed by atoms with E-state index in [-0.39, 0.29) is 22.8 Å². The lowest BCUT2D eigenvalue weighted by atomic mass is 9.82. The fourth-order valence-electron chi connectivity index (χ4n) is 2.01. The van der Waals surface area contributed by atoms with E-state index < -0.39 is 0 Å². The van der Waals surface area contributed by atoms with Gasteiger partial charge in [-0.25, -0.2) is 0 Å². The van der Waals surface area contributed by atoms with E-state index in [1.54, 1.807) is 0 Å². The van der Waals surface area contributed by atoms with E-state index in [1.165, 1.54) is 0 Å². The maximum absolute atomic E-state index is 5.89. The lowest BCUT2D eigenvalue weighted by Gasteiger charge is -2.33. The van der Waals surface area contributed by atoms with Gasteiger partial charge >= 0.3 is 6.01 Å². The number of nitrogens with one attached hydrogen (secondary N) is 1. The molecule has 2 heterocycles. The quantitative estimate of drug-likeness (QED) is 0.901. The van der Waals surface area contributed by atoms with Crippen LogP contribution in [-0.2, 0) is 4.74 Å². The predicted molar refractivity (Wildman–Crippen MR) is 77.3 cm³/mol. The summed E-state index contributed by atoms with van der Waals surface area (Å²) < 4.78 is 10.8. The molecule has 0 spiro atoms. The van der Waals surface area contributed by atoms with Crippen LogP contribution in [0, 0.1) is 5.41 Å². The van der Waals surface area contributed by atoms with Gasteiger partial charge in [0.25, 0.3) is 0 Å². The van der Waals surface area contributed by atoms with E-state index in [1.807, 2.05) is 13.8 Å². The fourth-order valence-corrected chi connectivity index (χ4v) is 2.16. The summed E-state index contributed by atoms with van der Waals surface area (Å²) in [5, 5.41) is 3.36. The molecule has 1 aromatic rings. The molecular formula is C13H21ClN4O2. The molecule has 1 fully saturated rings. The highest BCUT2D eigenvalue weighted by atomic mass is 35.5. The minimum absolute atomic E-state index is 0.00525. The number of rotatable bonds is 5. The molecule has 112 valence electrons. The van der Waals surface area contributed by atoms with Crippen molar-refractivity contribution in [2.45, 2.75) is 39.7 Å². The summed E-state index contributed by atoms with van der Waals surface area (Å²) in [6.07, 6.45) is 2.04. The van der Waals surface area contributed by atoms with E-state index in [4.69, 9.17) is 21.1 Å². The maximum Gasteiger partial charge on any atom is 0.322 e. The topological polar surface area (TPSA) is 69.2 Å². The Labute approximate surface area is 124 Å². The van der Waals surface area contributed by atoms with Gasteiger partial charge in [-0.1, -0.05) is 6.92 Å². The molecule has 1 aliphatic rings. The van der Waals surface area contributed by atoms with Crippen LogP contribution in [0.5, 0.6) is 6.01 Å². The lowest BCUT2D eigenvalue weighted by molar-refractivity contribution is 0.0299. The molecular weight excluding hydrogens is 280 g/mol. The summed E-state index contributed by atoms with van der Waals surface area (Å²) in [5.74, 6) is 0.452. The Morgan fingerprint density at radius 2 is 2.00 bits per heavy atom. The monoisotopic (exact) mass is 300 g/mol. The summed E-state index contributed by atoms with van der Waals surface area (Å²) in [6.45, 7) is 8.44. The zero-order valence-corrected chi connectivity index (χ0v) is 12.9. The first kappa shape index (κ1) is 15.3. The Bertz CT molecular complexity index is 450. The van der Waals surface area contributed by atoms with Gasteiger partial charge in [0.1, 0.15) is 0 Å². The Hall–Kier alpha value is -1.14. The Kier molecular flexibility index (Phi) is 4.99. The molecule has 1 aliphatic heterocycles. The summed E-state index contributed by atoms with van der Waals surface area (Å²) in [5.41, 5.74) is 0.191. The lowest BCUT2D eigenvalue weighted by Crippen LogP contribution is -2.33. The number of hydrogen-bond donors (Lipinski definition) is 1. The molecule has 0 radical (unpaired) electrons. The van der Waals surface area contributed by atoms with Gasteiger partial charge < -0.3 is 14.8 Å². The van der Waals surface area contributed by atoms with Crippen molar-refractivity contribution in [3.8, 4) is 6.01 Å². The third-order valence-corrected chi connectivity index (χ3v) is 3.47. The van der Waals surface area contributed by atoms with Crippen LogP contribution in [0.3, 0.4) is 0 Å². The Balaban J connectivity index is 1.99. The van der Waals surface area contributed by atoms with E-state index in [0.717, 1.165) is 32.6 Å². The van der Waals surface area contributed by atoms with Gasteiger partial charge in [0.15, 0.2) is 0 Å². The van der Waals surface area contributed by atoms with E-state index in [2.05, 4.69) is 27.2 Å². The van der Waals surface area contributed by atoms with Crippen LogP contribution < -0.4 is 10.1 Å². The van der Waals surface area contributed by atoms with Gasteiger partial charge in [0, 0.05) is 19.8 Å². The van der Waals surface area contributed by atoms with Crippen LogP contribution in [0.25, 0.3) is 0 Å². The Morgan fingerprint density at radius 1 is 1.30 bits per heavy atom. The van der Waals surface area contributed by atoms with Crippen LogP contribution in [-0.4, -0.2) is 40.8 Å². The second kappa shape index (κ2) is 6.54. The molecule has 20 heavy (non-hydrogen) atoms. The summed E-state index contributed by atoms with van der Waals surface area (Å²) >= 11 is 5.89.